The summed E-state index contributed by atoms with van der Waals surface area (Å²) in [4.78, 5) is 23.2. The SMILES string of the molecule is CCCCCCCCCCCCCCOC(=O)c1ccc(O)c(NC(C)=O)c1. The van der Waals surface area contributed by atoms with Crippen LogP contribution in [0.2, 0.25) is 0 Å². The van der Waals surface area contributed by atoms with E-state index < -0.39 is 5.97 Å². The molecule has 1 aromatic rings. The van der Waals surface area contributed by atoms with E-state index in [0.29, 0.717) is 12.2 Å². The van der Waals surface area contributed by atoms with Crippen LogP contribution in [0.25, 0.3) is 0 Å². The van der Waals surface area contributed by atoms with Crippen molar-refractivity contribution in [1.82, 2.24) is 0 Å². The molecule has 1 rings (SSSR count). The number of anilines is 1. The fourth-order valence-electron chi connectivity index (χ4n) is 3.14. The molecule has 0 spiro atoms. The van der Waals surface area contributed by atoms with E-state index >= 15 is 0 Å². The van der Waals surface area contributed by atoms with Gasteiger partial charge in [-0.2, -0.15) is 0 Å². The van der Waals surface area contributed by atoms with Gasteiger partial charge in [0.25, 0.3) is 0 Å². The van der Waals surface area contributed by atoms with E-state index in [9.17, 15) is 14.7 Å². The number of unbranched alkanes of at least 4 members (excludes halogenated alkanes) is 11. The van der Waals surface area contributed by atoms with Gasteiger partial charge in [0.2, 0.25) is 5.91 Å². The lowest BCUT2D eigenvalue weighted by molar-refractivity contribution is -0.114. The van der Waals surface area contributed by atoms with Gasteiger partial charge in [-0.05, 0) is 24.6 Å². The van der Waals surface area contributed by atoms with Crippen molar-refractivity contribution in [3.63, 3.8) is 0 Å². The van der Waals surface area contributed by atoms with Crippen molar-refractivity contribution in [2.24, 2.45) is 0 Å². The van der Waals surface area contributed by atoms with Crippen LogP contribution in [0.3, 0.4) is 0 Å². The molecule has 0 radical (unpaired) electrons. The molecule has 0 fully saturated rings. The number of phenols is 1. The molecule has 0 bridgehead atoms. The van der Waals surface area contributed by atoms with E-state index in [4.69, 9.17) is 4.74 Å². The molecule has 0 aliphatic rings. The highest BCUT2D eigenvalue weighted by Gasteiger charge is 2.11. The number of amides is 1. The molecule has 0 heterocycles. The zero-order chi connectivity index (χ0) is 20.6. The molecule has 5 heteroatoms. The topological polar surface area (TPSA) is 75.6 Å². The fraction of sp³-hybridized carbons (Fsp3) is 0.652. The zero-order valence-corrected chi connectivity index (χ0v) is 17.6. The van der Waals surface area contributed by atoms with E-state index in [1.807, 2.05) is 0 Å². The van der Waals surface area contributed by atoms with Gasteiger partial charge >= 0.3 is 5.97 Å². The van der Waals surface area contributed by atoms with Crippen LogP contribution in [0.4, 0.5) is 5.69 Å². The molecule has 1 aromatic carbocycles. The van der Waals surface area contributed by atoms with Gasteiger partial charge in [0.15, 0.2) is 0 Å². The average Bonchev–Trinajstić information content (AvgIpc) is 2.66. The number of nitrogens with one attached hydrogen (secondary N) is 1. The number of hydrogen-bond donors (Lipinski definition) is 2. The Hall–Kier alpha value is -2.04. The molecule has 0 aromatic heterocycles. The van der Waals surface area contributed by atoms with E-state index in [1.54, 1.807) is 0 Å². The Labute approximate surface area is 169 Å². The lowest BCUT2D eigenvalue weighted by Crippen LogP contribution is -2.09. The lowest BCUT2D eigenvalue weighted by Gasteiger charge is -2.08. The summed E-state index contributed by atoms with van der Waals surface area (Å²) in [5, 5.41) is 12.2. The van der Waals surface area contributed by atoms with Crippen molar-refractivity contribution in [2.45, 2.75) is 90.9 Å². The predicted molar refractivity (Wildman–Crippen MR) is 114 cm³/mol. The van der Waals surface area contributed by atoms with E-state index in [0.717, 1.165) is 12.8 Å². The average molecular weight is 392 g/mol. The number of carbonyl (C=O) groups is 2. The van der Waals surface area contributed by atoms with Crippen molar-refractivity contribution in [2.75, 3.05) is 11.9 Å². The first kappa shape index (κ1) is 24.0. The molecule has 0 aliphatic carbocycles. The maximum absolute atomic E-state index is 12.1. The van der Waals surface area contributed by atoms with Crippen molar-refractivity contribution in [3.8, 4) is 5.75 Å². The van der Waals surface area contributed by atoms with E-state index in [2.05, 4.69) is 12.2 Å². The Morgan fingerprint density at radius 3 is 1.96 bits per heavy atom. The zero-order valence-electron chi connectivity index (χ0n) is 17.6. The molecule has 28 heavy (non-hydrogen) atoms. The van der Waals surface area contributed by atoms with Gasteiger partial charge in [-0.15, -0.1) is 0 Å². The maximum Gasteiger partial charge on any atom is 0.338 e. The first-order valence-corrected chi connectivity index (χ1v) is 10.8. The number of ether oxygens (including phenoxy) is 1. The summed E-state index contributed by atoms with van der Waals surface area (Å²) in [6, 6.07) is 4.30. The van der Waals surface area contributed by atoms with Gasteiger partial charge in [-0.25, -0.2) is 4.79 Å². The number of benzene rings is 1. The fourth-order valence-corrected chi connectivity index (χ4v) is 3.14. The highest BCUT2D eigenvalue weighted by molar-refractivity contribution is 5.95. The minimum absolute atomic E-state index is 0.0762. The summed E-state index contributed by atoms with van der Waals surface area (Å²) in [6.45, 7) is 3.99. The minimum Gasteiger partial charge on any atom is -0.506 e. The van der Waals surface area contributed by atoms with Crippen LogP contribution in [-0.2, 0) is 9.53 Å². The van der Waals surface area contributed by atoms with Crippen molar-refractivity contribution in [3.05, 3.63) is 23.8 Å². The molecular formula is C23H37NO4. The predicted octanol–water partition coefficient (Wildman–Crippen LogP) is 6.21. The summed E-state index contributed by atoms with van der Waals surface area (Å²) in [6.07, 6.45) is 15.2. The molecule has 158 valence electrons. The molecule has 0 atom stereocenters. The van der Waals surface area contributed by atoms with Crippen LogP contribution in [0.1, 0.15) is 101 Å². The van der Waals surface area contributed by atoms with Crippen molar-refractivity contribution >= 4 is 17.6 Å². The van der Waals surface area contributed by atoms with Gasteiger partial charge in [-0.1, -0.05) is 77.6 Å². The lowest BCUT2D eigenvalue weighted by atomic mass is 10.1. The number of hydrogen-bond acceptors (Lipinski definition) is 4. The van der Waals surface area contributed by atoms with Gasteiger partial charge in [-0.3, -0.25) is 4.79 Å². The van der Waals surface area contributed by atoms with Crippen molar-refractivity contribution < 1.29 is 19.4 Å². The second kappa shape index (κ2) is 14.9. The Bertz CT molecular complexity index is 586. The highest BCUT2D eigenvalue weighted by atomic mass is 16.5. The third kappa shape index (κ3) is 11.0. The first-order valence-electron chi connectivity index (χ1n) is 10.8. The van der Waals surface area contributed by atoms with Crippen LogP contribution in [0, 0.1) is 0 Å². The van der Waals surface area contributed by atoms with Crippen LogP contribution in [0.5, 0.6) is 5.75 Å². The summed E-state index contributed by atoms with van der Waals surface area (Å²) in [7, 11) is 0. The second-order valence-electron chi connectivity index (χ2n) is 7.44. The number of esters is 1. The summed E-state index contributed by atoms with van der Waals surface area (Å²) < 4.78 is 5.29. The van der Waals surface area contributed by atoms with Crippen LogP contribution >= 0.6 is 0 Å². The molecule has 1 amide bonds. The molecule has 0 saturated carbocycles. The largest absolute Gasteiger partial charge is 0.506 e. The van der Waals surface area contributed by atoms with Gasteiger partial charge in [0, 0.05) is 6.92 Å². The van der Waals surface area contributed by atoms with Crippen molar-refractivity contribution in [1.29, 1.82) is 0 Å². The van der Waals surface area contributed by atoms with Crippen LogP contribution in [-0.4, -0.2) is 23.6 Å². The number of carbonyl (C=O) groups excluding carboxylic acids is 2. The summed E-state index contributed by atoms with van der Waals surface area (Å²) >= 11 is 0. The minimum atomic E-state index is -0.435. The summed E-state index contributed by atoms with van der Waals surface area (Å²) in [5.74, 6) is -0.820. The molecular weight excluding hydrogens is 354 g/mol. The number of rotatable bonds is 15. The quantitative estimate of drug-likeness (QED) is 0.212. The Balaban J connectivity index is 2.07. The van der Waals surface area contributed by atoms with E-state index in [1.165, 1.54) is 89.3 Å². The highest BCUT2D eigenvalue weighted by Crippen LogP contribution is 2.24. The smallest absolute Gasteiger partial charge is 0.338 e. The van der Waals surface area contributed by atoms with E-state index in [-0.39, 0.29) is 17.3 Å². The Morgan fingerprint density at radius 1 is 0.893 bits per heavy atom. The van der Waals surface area contributed by atoms with Crippen LogP contribution in [0.15, 0.2) is 18.2 Å². The normalized spacial score (nSPS) is 10.6. The Morgan fingerprint density at radius 2 is 1.43 bits per heavy atom. The monoisotopic (exact) mass is 391 g/mol. The maximum atomic E-state index is 12.1. The number of aromatic hydroxyl groups is 1. The third-order valence-electron chi connectivity index (χ3n) is 4.77. The molecule has 0 aliphatic heterocycles. The molecule has 0 saturated heterocycles. The van der Waals surface area contributed by atoms with Crippen LogP contribution < -0.4 is 5.32 Å². The van der Waals surface area contributed by atoms with Gasteiger partial charge in [0.1, 0.15) is 5.75 Å². The second-order valence-corrected chi connectivity index (χ2v) is 7.44. The van der Waals surface area contributed by atoms with Gasteiger partial charge < -0.3 is 15.2 Å². The summed E-state index contributed by atoms with van der Waals surface area (Å²) in [5.41, 5.74) is 0.535. The first-order chi connectivity index (χ1) is 13.5. The molecule has 2 N–H and O–H groups in total. The van der Waals surface area contributed by atoms with Gasteiger partial charge in [0.05, 0.1) is 17.9 Å². The standard InChI is InChI=1S/C23H37NO4/c1-3-4-5-6-7-8-9-10-11-12-13-14-17-28-23(27)20-15-16-22(26)21(18-20)24-19(2)25/h15-16,18,26H,3-14,17H2,1-2H3,(H,24,25). The third-order valence-corrected chi connectivity index (χ3v) is 4.77. The molecule has 5 nitrogen and oxygen atoms in total. The molecule has 0 unspecified atom stereocenters. The number of phenolic OH excluding ortho intramolecular Hbond substituents is 1. The Kier molecular flexibility index (Phi) is 12.8.